The van der Waals surface area contributed by atoms with Gasteiger partial charge in [0.15, 0.2) is 5.78 Å². The fourth-order valence-corrected chi connectivity index (χ4v) is 3.24. The maximum atomic E-state index is 12.5. The van der Waals surface area contributed by atoms with Crippen LogP contribution in [0.25, 0.3) is 0 Å². The maximum Gasteiger partial charge on any atom is 0.329 e. The molecule has 0 atom stereocenters. The number of benzene rings is 1. The molecule has 6 heteroatoms. The van der Waals surface area contributed by atoms with Crippen LogP contribution < -0.4 is 5.32 Å². The van der Waals surface area contributed by atoms with Gasteiger partial charge in [0.2, 0.25) is 0 Å². The van der Waals surface area contributed by atoms with Gasteiger partial charge in [0.05, 0.1) is 0 Å². The lowest BCUT2D eigenvalue weighted by atomic mass is 9.81. The first-order chi connectivity index (χ1) is 12.0. The van der Waals surface area contributed by atoms with Gasteiger partial charge < -0.3 is 15.4 Å². The van der Waals surface area contributed by atoms with Crippen LogP contribution in [-0.4, -0.2) is 33.3 Å². The number of H-pyrrole nitrogens is 1. The highest BCUT2D eigenvalue weighted by atomic mass is 16.4. The molecular weight excluding hydrogens is 320 g/mol. The number of carboxylic acids is 1. The van der Waals surface area contributed by atoms with E-state index in [-0.39, 0.29) is 5.78 Å². The third-order valence-electron chi connectivity index (χ3n) is 4.74. The monoisotopic (exact) mass is 340 g/mol. The van der Waals surface area contributed by atoms with Crippen LogP contribution in [0.3, 0.4) is 0 Å². The second kappa shape index (κ2) is 6.93. The SMILES string of the molecule is O=C(NC1(C(=O)O)CCCCC1)c1ccc(C(=O)c2cc[nH]c2)cc1. The Morgan fingerprint density at radius 1 is 0.920 bits per heavy atom. The number of ketones is 1. The highest BCUT2D eigenvalue weighted by Crippen LogP contribution is 2.29. The van der Waals surface area contributed by atoms with Crippen molar-refractivity contribution in [2.24, 2.45) is 0 Å². The molecule has 1 saturated carbocycles. The number of aromatic amines is 1. The van der Waals surface area contributed by atoms with Gasteiger partial charge in [-0.2, -0.15) is 0 Å². The first-order valence-electron chi connectivity index (χ1n) is 8.35. The Morgan fingerprint density at radius 3 is 2.12 bits per heavy atom. The molecule has 130 valence electrons. The Hall–Kier alpha value is -2.89. The lowest BCUT2D eigenvalue weighted by molar-refractivity contribution is -0.145. The van der Waals surface area contributed by atoms with Gasteiger partial charge >= 0.3 is 5.97 Å². The summed E-state index contributed by atoms with van der Waals surface area (Å²) in [6.45, 7) is 0. The summed E-state index contributed by atoms with van der Waals surface area (Å²) in [4.78, 5) is 39.2. The molecule has 1 aliphatic carbocycles. The zero-order valence-electron chi connectivity index (χ0n) is 13.7. The fraction of sp³-hybridized carbons (Fsp3) is 0.316. The summed E-state index contributed by atoms with van der Waals surface area (Å²) < 4.78 is 0. The molecule has 6 nitrogen and oxygen atoms in total. The highest BCUT2D eigenvalue weighted by molar-refractivity contribution is 6.09. The number of aliphatic carboxylic acids is 1. The summed E-state index contributed by atoms with van der Waals surface area (Å²) in [6.07, 6.45) is 6.73. The molecule has 1 aromatic carbocycles. The summed E-state index contributed by atoms with van der Waals surface area (Å²) >= 11 is 0. The minimum Gasteiger partial charge on any atom is -0.480 e. The Kier molecular flexibility index (Phi) is 4.70. The summed E-state index contributed by atoms with van der Waals surface area (Å²) in [5.41, 5.74) is 0.178. The average molecular weight is 340 g/mol. The van der Waals surface area contributed by atoms with Crippen LogP contribution in [0.15, 0.2) is 42.7 Å². The van der Waals surface area contributed by atoms with Gasteiger partial charge in [-0.3, -0.25) is 9.59 Å². The number of carbonyl (C=O) groups is 3. The van der Waals surface area contributed by atoms with Gasteiger partial charge in [0.1, 0.15) is 5.54 Å². The van der Waals surface area contributed by atoms with Gasteiger partial charge in [0.25, 0.3) is 5.91 Å². The molecule has 1 aromatic heterocycles. The van der Waals surface area contributed by atoms with Crippen molar-refractivity contribution in [2.75, 3.05) is 0 Å². The Labute approximate surface area is 145 Å². The van der Waals surface area contributed by atoms with Crippen LogP contribution in [0.5, 0.6) is 0 Å². The first-order valence-corrected chi connectivity index (χ1v) is 8.35. The molecule has 1 aliphatic rings. The van der Waals surface area contributed by atoms with E-state index in [0.29, 0.717) is 29.5 Å². The quantitative estimate of drug-likeness (QED) is 0.729. The molecule has 0 saturated heterocycles. The Bertz CT molecular complexity index is 772. The van der Waals surface area contributed by atoms with E-state index >= 15 is 0 Å². The van der Waals surface area contributed by atoms with Gasteiger partial charge in [-0.25, -0.2) is 4.79 Å². The number of carbonyl (C=O) groups excluding carboxylic acids is 2. The third kappa shape index (κ3) is 3.47. The zero-order chi connectivity index (χ0) is 17.9. The van der Waals surface area contributed by atoms with Crippen molar-refractivity contribution in [3.63, 3.8) is 0 Å². The summed E-state index contributed by atoms with van der Waals surface area (Å²) in [5, 5.41) is 12.2. The van der Waals surface area contributed by atoms with Crippen LogP contribution in [0.2, 0.25) is 0 Å². The number of carboxylic acid groups (broad SMARTS) is 1. The molecule has 0 radical (unpaired) electrons. The van der Waals surface area contributed by atoms with Crippen molar-refractivity contribution >= 4 is 17.7 Å². The number of rotatable bonds is 5. The van der Waals surface area contributed by atoms with Crippen LogP contribution in [0.4, 0.5) is 0 Å². The van der Waals surface area contributed by atoms with Crippen molar-refractivity contribution in [3.8, 4) is 0 Å². The molecule has 1 fully saturated rings. The molecule has 3 rings (SSSR count). The van der Waals surface area contributed by atoms with Crippen LogP contribution in [-0.2, 0) is 4.79 Å². The van der Waals surface area contributed by atoms with Crippen molar-refractivity contribution < 1.29 is 19.5 Å². The minimum atomic E-state index is -1.19. The van der Waals surface area contributed by atoms with E-state index in [1.165, 1.54) is 0 Å². The third-order valence-corrected chi connectivity index (χ3v) is 4.74. The Morgan fingerprint density at radius 2 is 1.56 bits per heavy atom. The van der Waals surface area contributed by atoms with Crippen molar-refractivity contribution in [1.29, 1.82) is 0 Å². The molecule has 0 spiro atoms. The Balaban J connectivity index is 1.74. The van der Waals surface area contributed by atoms with E-state index in [4.69, 9.17) is 0 Å². The lowest BCUT2D eigenvalue weighted by Gasteiger charge is -2.34. The minimum absolute atomic E-state index is 0.137. The van der Waals surface area contributed by atoms with Gasteiger partial charge in [-0.05, 0) is 31.0 Å². The number of aromatic nitrogens is 1. The van der Waals surface area contributed by atoms with E-state index in [9.17, 15) is 19.5 Å². The summed E-state index contributed by atoms with van der Waals surface area (Å²) in [7, 11) is 0. The molecule has 2 aromatic rings. The molecule has 0 unspecified atom stereocenters. The van der Waals surface area contributed by atoms with Crippen molar-refractivity contribution in [2.45, 2.75) is 37.6 Å². The number of amides is 1. The van der Waals surface area contributed by atoms with Crippen LogP contribution in [0.1, 0.15) is 58.4 Å². The highest BCUT2D eigenvalue weighted by Gasteiger charge is 2.41. The van der Waals surface area contributed by atoms with E-state index < -0.39 is 17.4 Å². The lowest BCUT2D eigenvalue weighted by Crippen LogP contribution is -2.55. The van der Waals surface area contributed by atoms with E-state index in [2.05, 4.69) is 10.3 Å². The topological polar surface area (TPSA) is 99.3 Å². The summed E-state index contributed by atoms with van der Waals surface area (Å²) in [5.74, 6) is -1.55. The van der Waals surface area contributed by atoms with Crippen molar-refractivity contribution in [3.05, 3.63) is 59.4 Å². The zero-order valence-corrected chi connectivity index (χ0v) is 13.7. The smallest absolute Gasteiger partial charge is 0.329 e. The molecule has 3 N–H and O–H groups in total. The van der Waals surface area contributed by atoms with Gasteiger partial charge in [-0.15, -0.1) is 0 Å². The van der Waals surface area contributed by atoms with E-state index in [1.807, 2.05) is 0 Å². The summed E-state index contributed by atoms with van der Waals surface area (Å²) in [6, 6.07) is 7.95. The molecule has 0 bridgehead atoms. The van der Waals surface area contributed by atoms with Gasteiger partial charge in [0, 0.05) is 29.1 Å². The molecule has 25 heavy (non-hydrogen) atoms. The van der Waals surface area contributed by atoms with Gasteiger partial charge in [-0.1, -0.05) is 31.4 Å². The molecule has 1 amide bonds. The fourth-order valence-electron chi connectivity index (χ4n) is 3.24. The number of nitrogens with one attached hydrogen (secondary N) is 2. The predicted octanol–water partition coefficient (Wildman–Crippen LogP) is 2.76. The second-order valence-corrected chi connectivity index (χ2v) is 6.41. The molecular formula is C19H20N2O4. The standard InChI is InChI=1S/C19H20N2O4/c22-16(15-8-11-20-12-15)13-4-6-14(7-5-13)17(23)21-19(18(24)25)9-2-1-3-10-19/h4-8,11-12,20H,1-3,9-10H2,(H,21,23)(H,24,25). The average Bonchev–Trinajstić information content (AvgIpc) is 3.16. The van der Waals surface area contributed by atoms with Crippen molar-refractivity contribution in [1.82, 2.24) is 10.3 Å². The van der Waals surface area contributed by atoms with E-state index in [0.717, 1.165) is 19.3 Å². The molecule has 0 aliphatic heterocycles. The second-order valence-electron chi connectivity index (χ2n) is 6.41. The number of hydrogen-bond acceptors (Lipinski definition) is 3. The predicted molar refractivity (Wildman–Crippen MR) is 91.6 cm³/mol. The van der Waals surface area contributed by atoms with Crippen LogP contribution in [0, 0.1) is 0 Å². The normalized spacial score (nSPS) is 16.2. The largest absolute Gasteiger partial charge is 0.480 e. The first kappa shape index (κ1) is 17.0. The number of hydrogen-bond donors (Lipinski definition) is 3. The van der Waals surface area contributed by atoms with Crippen LogP contribution >= 0.6 is 0 Å². The van der Waals surface area contributed by atoms with E-state index in [1.54, 1.807) is 42.7 Å². The maximum absolute atomic E-state index is 12.5. The molecule has 1 heterocycles.